The summed E-state index contributed by atoms with van der Waals surface area (Å²) in [6, 6.07) is 10.4. The first kappa shape index (κ1) is 13.3. The molecule has 0 unspecified atom stereocenters. The number of aromatic hydroxyl groups is 1. The highest BCUT2D eigenvalue weighted by Gasteiger charge is 2.32. The molecule has 1 N–H and O–H groups in total. The van der Waals surface area contributed by atoms with Crippen LogP contribution in [0.2, 0.25) is 0 Å². The van der Waals surface area contributed by atoms with E-state index in [0.29, 0.717) is 5.56 Å². The molecule has 0 amide bonds. The lowest BCUT2D eigenvalue weighted by Gasteiger charge is -2.14. The van der Waals surface area contributed by atoms with Crippen LogP contribution in [0, 0.1) is 6.92 Å². The third-order valence-electron chi connectivity index (χ3n) is 2.55. The third kappa shape index (κ3) is 3.19. The van der Waals surface area contributed by atoms with Crippen molar-refractivity contribution >= 4 is 0 Å². The summed E-state index contributed by atoms with van der Waals surface area (Å²) in [5.74, 6) is -0.431. The summed E-state index contributed by atoms with van der Waals surface area (Å²) in [6.45, 7) is 1.79. The second kappa shape index (κ2) is 4.84. The molecule has 0 aliphatic carbocycles. The molecule has 0 radical (unpaired) electrons. The van der Waals surface area contributed by atoms with Crippen LogP contribution in [0.15, 0.2) is 42.5 Å². The van der Waals surface area contributed by atoms with Crippen LogP contribution >= 0.6 is 0 Å². The summed E-state index contributed by atoms with van der Waals surface area (Å²) in [4.78, 5) is 0. The molecule has 0 saturated carbocycles. The van der Waals surface area contributed by atoms with Gasteiger partial charge in [-0.15, -0.1) is 13.2 Å². The molecule has 19 heavy (non-hydrogen) atoms. The predicted molar refractivity (Wildman–Crippen MR) is 65.0 cm³/mol. The number of ether oxygens (including phenoxy) is 1. The van der Waals surface area contributed by atoms with E-state index in [1.807, 2.05) is 0 Å². The van der Waals surface area contributed by atoms with Crippen molar-refractivity contribution < 1.29 is 23.0 Å². The molecule has 0 spiro atoms. The molecule has 0 atom stereocenters. The molecule has 2 aromatic rings. The van der Waals surface area contributed by atoms with Gasteiger partial charge in [-0.3, -0.25) is 0 Å². The van der Waals surface area contributed by atoms with Gasteiger partial charge in [0.25, 0.3) is 0 Å². The lowest BCUT2D eigenvalue weighted by atomic mass is 10.0. The highest BCUT2D eigenvalue weighted by molar-refractivity contribution is 5.76. The fourth-order valence-corrected chi connectivity index (χ4v) is 1.77. The highest BCUT2D eigenvalue weighted by atomic mass is 19.4. The van der Waals surface area contributed by atoms with Crippen LogP contribution in [-0.2, 0) is 0 Å². The van der Waals surface area contributed by atoms with Gasteiger partial charge in [-0.05, 0) is 25.1 Å². The zero-order valence-corrected chi connectivity index (χ0v) is 10.0. The number of alkyl halides is 3. The van der Waals surface area contributed by atoms with Crippen LogP contribution in [-0.4, -0.2) is 11.5 Å². The largest absolute Gasteiger partial charge is 0.573 e. The number of para-hydroxylation sites is 1. The Morgan fingerprint density at radius 3 is 2.37 bits per heavy atom. The number of hydrogen-bond donors (Lipinski definition) is 1. The Morgan fingerprint density at radius 2 is 1.68 bits per heavy atom. The monoisotopic (exact) mass is 268 g/mol. The third-order valence-corrected chi connectivity index (χ3v) is 2.55. The van der Waals surface area contributed by atoms with Crippen molar-refractivity contribution in [2.24, 2.45) is 0 Å². The zero-order valence-electron chi connectivity index (χ0n) is 10.0. The molecule has 5 heteroatoms. The Morgan fingerprint density at radius 1 is 1.00 bits per heavy atom. The minimum Gasteiger partial charge on any atom is -0.507 e. The summed E-state index contributed by atoms with van der Waals surface area (Å²) < 4.78 is 41.0. The Labute approximate surface area is 108 Å². The van der Waals surface area contributed by atoms with Crippen molar-refractivity contribution in [1.82, 2.24) is 0 Å². The van der Waals surface area contributed by atoms with Gasteiger partial charge in [0.15, 0.2) is 0 Å². The van der Waals surface area contributed by atoms with Crippen LogP contribution in [0.4, 0.5) is 13.2 Å². The standard InChI is InChI=1S/C14H11F3O2/c1-9-6-7-12(18)11(8-9)10-4-2-3-5-13(10)19-14(15,16)17/h2-8,18H,1H3. The van der Waals surface area contributed by atoms with E-state index in [0.717, 1.165) is 5.56 Å². The molecule has 2 aromatic carbocycles. The van der Waals surface area contributed by atoms with Crippen LogP contribution in [0.1, 0.15) is 5.56 Å². The Hall–Kier alpha value is -2.17. The summed E-state index contributed by atoms with van der Waals surface area (Å²) in [7, 11) is 0. The van der Waals surface area contributed by atoms with E-state index in [2.05, 4.69) is 4.74 Å². The number of rotatable bonds is 2. The SMILES string of the molecule is Cc1ccc(O)c(-c2ccccc2OC(F)(F)F)c1. The van der Waals surface area contributed by atoms with Gasteiger partial charge in [0.1, 0.15) is 11.5 Å². The molecule has 2 nitrogen and oxygen atoms in total. The van der Waals surface area contributed by atoms with Crippen molar-refractivity contribution in [2.45, 2.75) is 13.3 Å². The number of hydrogen-bond acceptors (Lipinski definition) is 2. The number of benzene rings is 2. The van der Waals surface area contributed by atoms with E-state index < -0.39 is 6.36 Å². The van der Waals surface area contributed by atoms with Crippen LogP contribution < -0.4 is 4.74 Å². The van der Waals surface area contributed by atoms with Crippen LogP contribution in [0.25, 0.3) is 11.1 Å². The van der Waals surface area contributed by atoms with Crippen molar-refractivity contribution in [3.8, 4) is 22.6 Å². The van der Waals surface area contributed by atoms with Gasteiger partial charge in [0, 0.05) is 11.1 Å². The normalized spacial score (nSPS) is 11.4. The van der Waals surface area contributed by atoms with Gasteiger partial charge >= 0.3 is 6.36 Å². The maximum Gasteiger partial charge on any atom is 0.573 e. The van der Waals surface area contributed by atoms with Crippen molar-refractivity contribution in [2.75, 3.05) is 0 Å². The lowest BCUT2D eigenvalue weighted by molar-refractivity contribution is -0.274. The minimum absolute atomic E-state index is 0.0937. The zero-order chi connectivity index (χ0) is 14.0. The van der Waals surface area contributed by atoms with Crippen molar-refractivity contribution in [3.05, 3.63) is 48.0 Å². The van der Waals surface area contributed by atoms with Gasteiger partial charge < -0.3 is 9.84 Å². The molecule has 0 aliphatic heterocycles. The second-order valence-electron chi connectivity index (χ2n) is 4.06. The average Bonchev–Trinajstić information content (AvgIpc) is 2.31. The molecule has 0 saturated heterocycles. The van der Waals surface area contributed by atoms with Gasteiger partial charge in [-0.1, -0.05) is 29.8 Å². The predicted octanol–water partition coefficient (Wildman–Crippen LogP) is 4.27. The van der Waals surface area contributed by atoms with E-state index >= 15 is 0 Å². The van der Waals surface area contributed by atoms with Gasteiger partial charge in [0.2, 0.25) is 0 Å². The number of aryl methyl sites for hydroxylation is 1. The van der Waals surface area contributed by atoms with Gasteiger partial charge in [-0.25, -0.2) is 0 Å². The Bertz CT molecular complexity index is 591. The molecule has 0 fully saturated rings. The van der Waals surface area contributed by atoms with Gasteiger partial charge in [-0.2, -0.15) is 0 Å². The summed E-state index contributed by atoms with van der Waals surface area (Å²) in [5.41, 5.74) is 1.33. The topological polar surface area (TPSA) is 29.5 Å². The molecular formula is C14H11F3O2. The van der Waals surface area contributed by atoms with E-state index in [1.54, 1.807) is 25.1 Å². The molecule has 0 aliphatic rings. The maximum absolute atomic E-state index is 12.3. The fourth-order valence-electron chi connectivity index (χ4n) is 1.77. The maximum atomic E-state index is 12.3. The summed E-state index contributed by atoms with van der Waals surface area (Å²) in [6.07, 6.45) is -4.77. The van der Waals surface area contributed by atoms with E-state index in [-0.39, 0.29) is 17.1 Å². The highest BCUT2D eigenvalue weighted by Crippen LogP contribution is 2.38. The van der Waals surface area contributed by atoms with Crippen LogP contribution in [0.5, 0.6) is 11.5 Å². The Balaban J connectivity index is 2.53. The lowest BCUT2D eigenvalue weighted by Crippen LogP contribution is -2.17. The van der Waals surface area contributed by atoms with Crippen molar-refractivity contribution in [1.29, 1.82) is 0 Å². The fraction of sp³-hybridized carbons (Fsp3) is 0.143. The quantitative estimate of drug-likeness (QED) is 0.881. The first-order chi connectivity index (χ1) is 8.87. The smallest absolute Gasteiger partial charge is 0.507 e. The Kier molecular flexibility index (Phi) is 3.38. The summed E-state index contributed by atoms with van der Waals surface area (Å²) >= 11 is 0. The van der Waals surface area contributed by atoms with Gasteiger partial charge in [0.05, 0.1) is 0 Å². The average molecular weight is 268 g/mol. The molecule has 2 rings (SSSR count). The van der Waals surface area contributed by atoms with Crippen molar-refractivity contribution in [3.63, 3.8) is 0 Å². The van der Waals surface area contributed by atoms with E-state index in [9.17, 15) is 18.3 Å². The minimum atomic E-state index is -4.77. The summed E-state index contributed by atoms with van der Waals surface area (Å²) in [5, 5.41) is 9.77. The number of phenolic OH excluding ortho intramolecular Hbond substituents is 1. The molecule has 0 bridgehead atoms. The second-order valence-corrected chi connectivity index (χ2v) is 4.06. The molecule has 0 aromatic heterocycles. The number of halogens is 3. The van der Waals surface area contributed by atoms with E-state index in [1.165, 1.54) is 24.3 Å². The first-order valence-electron chi connectivity index (χ1n) is 5.51. The molecule has 100 valence electrons. The number of phenols is 1. The van der Waals surface area contributed by atoms with Crippen LogP contribution in [0.3, 0.4) is 0 Å². The van der Waals surface area contributed by atoms with E-state index in [4.69, 9.17) is 0 Å². The molecule has 0 heterocycles. The molecular weight excluding hydrogens is 257 g/mol. The first-order valence-corrected chi connectivity index (χ1v) is 5.51.